The fraction of sp³-hybridized carbons (Fsp3) is 0.850. The van der Waals surface area contributed by atoms with E-state index in [0.717, 1.165) is 5.96 Å². The van der Waals surface area contributed by atoms with Gasteiger partial charge in [0.25, 0.3) is 0 Å². The van der Waals surface area contributed by atoms with Crippen molar-refractivity contribution >= 4 is 42.1 Å². The quantitative estimate of drug-likeness (QED) is 0.554. The molecule has 9 nitrogen and oxygen atoms in total. The summed E-state index contributed by atoms with van der Waals surface area (Å²) in [5, 5.41) is 3.34. The molecule has 0 spiro atoms. The molecule has 1 atom stereocenters. The van der Waals surface area contributed by atoms with Gasteiger partial charge in [-0.3, -0.25) is 4.99 Å². The first kappa shape index (κ1) is 26.6. The third-order valence-corrected chi connectivity index (χ3v) is 4.56. The van der Waals surface area contributed by atoms with Crippen molar-refractivity contribution in [2.24, 2.45) is 4.99 Å². The Labute approximate surface area is 197 Å². The van der Waals surface area contributed by atoms with Crippen LogP contribution in [0.4, 0.5) is 9.59 Å². The molecule has 2 aliphatic heterocycles. The molecule has 0 radical (unpaired) electrons. The van der Waals surface area contributed by atoms with E-state index in [9.17, 15) is 9.59 Å². The minimum atomic E-state index is -0.505. The average Bonchev–Trinajstić information content (AvgIpc) is 2.98. The highest BCUT2D eigenvalue weighted by Crippen LogP contribution is 2.18. The maximum atomic E-state index is 12.3. The van der Waals surface area contributed by atoms with E-state index in [0.29, 0.717) is 45.8 Å². The van der Waals surface area contributed by atoms with Crippen LogP contribution in [0.2, 0.25) is 0 Å². The molecule has 0 aromatic heterocycles. The molecule has 1 saturated heterocycles. The second-order valence-corrected chi connectivity index (χ2v) is 9.42. The molecule has 10 heteroatoms. The summed E-state index contributed by atoms with van der Waals surface area (Å²) in [7, 11) is 0. The highest BCUT2D eigenvalue weighted by atomic mass is 127. The Morgan fingerprint density at radius 1 is 1.13 bits per heavy atom. The van der Waals surface area contributed by atoms with E-state index in [-0.39, 0.29) is 42.2 Å². The predicted molar refractivity (Wildman–Crippen MR) is 128 cm³/mol. The number of likely N-dealkylation sites (N-methyl/N-ethyl adjacent to an activating group) is 1. The number of amides is 2. The molecule has 2 aliphatic rings. The van der Waals surface area contributed by atoms with E-state index < -0.39 is 11.2 Å². The Hall–Kier alpha value is -1.46. The van der Waals surface area contributed by atoms with E-state index >= 15 is 0 Å². The van der Waals surface area contributed by atoms with E-state index in [1.54, 1.807) is 9.80 Å². The van der Waals surface area contributed by atoms with Gasteiger partial charge >= 0.3 is 12.2 Å². The van der Waals surface area contributed by atoms with Gasteiger partial charge in [-0.2, -0.15) is 0 Å². The fourth-order valence-electron chi connectivity index (χ4n) is 3.23. The first-order chi connectivity index (χ1) is 13.4. The standard InChI is InChI=1S/C20H37N5O4.HI/c1-8-23(17(26)28-19(2,3)4)10-9-21-16-22-13-15-14-24(11-12-25(15)16)18(27)29-20(5,6)7;/h15H,8-14H2,1-7H3,(H,21,22);1H. The summed E-state index contributed by atoms with van der Waals surface area (Å²) in [5.74, 6) is 0.832. The summed E-state index contributed by atoms with van der Waals surface area (Å²) in [6, 6.07) is 0.159. The van der Waals surface area contributed by atoms with Gasteiger partial charge in [0.15, 0.2) is 5.96 Å². The summed E-state index contributed by atoms with van der Waals surface area (Å²) in [6.07, 6.45) is -0.575. The molecule has 0 aromatic carbocycles. The van der Waals surface area contributed by atoms with Crippen LogP contribution < -0.4 is 5.32 Å². The number of guanidine groups is 1. The Morgan fingerprint density at radius 2 is 1.77 bits per heavy atom. The Morgan fingerprint density at radius 3 is 2.33 bits per heavy atom. The van der Waals surface area contributed by atoms with Crippen molar-refractivity contribution < 1.29 is 19.1 Å². The number of aliphatic imine (C=N–C) groups is 1. The zero-order chi connectivity index (χ0) is 21.8. The summed E-state index contributed by atoms with van der Waals surface area (Å²) < 4.78 is 10.9. The van der Waals surface area contributed by atoms with Gasteiger partial charge in [0.1, 0.15) is 11.2 Å². The van der Waals surface area contributed by atoms with Gasteiger partial charge in [-0.1, -0.05) is 0 Å². The second kappa shape index (κ2) is 10.7. The van der Waals surface area contributed by atoms with E-state index in [4.69, 9.17) is 9.47 Å². The maximum Gasteiger partial charge on any atom is 0.410 e. The van der Waals surface area contributed by atoms with Crippen molar-refractivity contribution in [1.29, 1.82) is 0 Å². The number of rotatable bonds is 4. The lowest BCUT2D eigenvalue weighted by Crippen LogP contribution is -2.58. The normalized spacial score (nSPS) is 18.8. The van der Waals surface area contributed by atoms with Crippen LogP contribution in [0.25, 0.3) is 0 Å². The van der Waals surface area contributed by atoms with Crippen molar-refractivity contribution in [3.05, 3.63) is 0 Å². The Balaban J connectivity index is 0.00000450. The van der Waals surface area contributed by atoms with Crippen LogP contribution in [0.5, 0.6) is 0 Å². The number of halogens is 1. The van der Waals surface area contributed by atoms with Gasteiger partial charge in [0, 0.05) is 39.3 Å². The lowest BCUT2D eigenvalue weighted by molar-refractivity contribution is 0.0137. The van der Waals surface area contributed by atoms with E-state index in [2.05, 4.69) is 15.2 Å². The fourth-order valence-corrected chi connectivity index (χ4v) is 3.23. The number of carbonyl (C=O) groups is 2. The van der Waals surface area contributed by atoms with Crippen LogP contribution >= 0.6 is 24.0 Å². The number of carbonyl (C=O) groups excluding carboxylic acids is 2. The largest absolute Gasteiger partial charge is 0.444 e. The van der Waals surface area contributed by atoms with Crippen LogP contribution in [0, 0.1) is 0 Å². The molecule has 0 aliphatic carbocycles. The molecule has 0 saturated carbocycles. The van der Waals surface area contributed by atoms with Crippen molar-refractivity contribution in [1.82, 2.24) is 20.0 Å². The summed E-state index contributed by atoms with van der Waals surface area (Å²) in [5.41, 5.74) is -0.999. The van der Waals surface area contributed by atoms with Crippen LogP contribution in [0.3, 0.4) is 0 Å². The van der Waals surface area contributed by atoms with Gasteiger partial charge in [0.2, 0.25) is 0 Å². The smallest absolute Gasteiger partial charge is 0.410 e. The molecule has 0 aromatic rings. The SMILES string of the molecule is CCN(CCNC1=NCC2CN(C(=O)OC(C)(C)C)CCN12)C(=O)OC(C)(C)C.I. The Bertz CT molecular complexity index is 630. The van der Waals surface area contributed by atoms with E-state index in [1.165, 1.54) is 0 Å². The molecule has 2 amide bonds. The first-order valence-electron chi connectivity index (χ1n) is 10.4. The molecule has 2 rings (SSSR count). The number of piperazine rings is 1. The van der Waals surface area contributed by atoms with Crippen molar-refractivity contribution in [3.8, 4) is 0 Å². The van der Waals surface area contributed by atoms with Crippen molar-refractivity contribution in [3.63, 3.8) is 0 Å². The molecule has 1 fully saturated rings. The monoisotopic (exact) mass is 539 g/mol. The Kier molecular flexibility index (Phi) is 9.50. The highest BCUT2D eigenvalue weighted by molar-refractivity contribution is 14.0. The van der Waals surface area contributed by atoms with Gasteiger partial charge in [-0.25, -0.2) is 9.59 Å². The average molecular weight is 539 g/mol. The second-order valence-electron chi connectivity index (χ2n) is 9.42. The number of fused-ring (bicyclic) bond motifs is 1. The predicted octanol–water partition coefficient (Wildman–Crippen LogP) is 2.74. The number of ether oxygens (including phenoxy) is 2. The summed E-state index contributed by atoms with van der Waals surface area (Å²) >= 11 is 0. The first-order valence-corrected chi connectivity index (χ1v) is 10.4. The van der Waals surface area contributed by atoms with Gasteiger partial charge in [-0.05, 0) is 48.5 Å². The molecular formula is C20H38IN5O4. The topological polar surface area (TPSA) is 86.7 Å². The molecular weight excluding hydrogens is 501 g/mol. The van der Waals surface area contributed by atoms with Gasteiger partial charge in [0.05, 0.1) is 12.6 Å². The van der Waals surface area contributed by atoms with E-state index in [1.807, 2.05) is 48.5 Å². The molecule has 1 unspecified atom stereocenters. The lowest BCUT2D eigenvalue weighted by atomic mass is 10.2. The van der Waals surface area contributed by atoms with Crippen molar-refractivity contribution in [2.45, 2.75) is 65.7 Å². The summed E-state index contributed by atoms with van der Waals surface area (Å²) in [4.78, 5) is 34.8. The number of hydrogen-bond acceptors (Lipinski definition) is 7. The number of nitrogens with zero attached hydrogens (tertiary/aromatic N) is 4. The van der Waals surface area contributed by atoms with Crippen LogP contribution in [0.15, 0.2) is 4.99 Å². The van der Waals surface area contributed by atoms with Crippen molar-refractivity contribution in [2.75, 3.05) is 45.8 Å². The number of hydrogen-bond donors (Lipinski definition) is 1. The van der Waals surface area contributed by atoms with Gasteiger partial charge in [-0.15, -0.1) is 24.0 Å². The molecule has 174 valence electrons. The molecule has 1 N–H and O–H groups in total. The zero-order valence-corrected chi connectivity index (χ0v) is 21.7. The minimum Gasteiger partial charge on any atom is -0.444 e. The highest BCUT2D eigenvalue weighted by Gasteiger charge is 2.36. The number of nitrogens with one attached hydrogen (secondary N) is 1. The third kappa shape index (κ3) is 7.99. The molecule has 2 heterocycles. The van der Waals surface area contributed by atoms with Crippen LogP contribution in [-0.2, 0) is 9.47 Å². The molecule has 30 heavy (non-hydrogen) atoms. The lowest BCUT2D eigenvalue weighted by Gasteiger charge is -2.39. The van der Waals surface area contributed by atoms with Crippen LogP contribution in [0.1, 0.15) is 48.5 Å². The zero-order valence-electron chi connectivity index (χ0n) is 19.4. The van der Waals surface area contributed by atoms with Crippen LogP contribution in [-0.4, -0.2) is 95.9 Å². The van der Waals surface area contributed by atoms with Gasteiger partial charge < -0.3 is 29.5 Å². The molecule has 0 bridgehead atoms. The third-order valence-electron chi connectivity index (χ3n) is 4.56. The summed E-state index contributed by atoms with van der Waals surface area (Å²) in [6.45, 7) is 17.4. The maximum absolute atomic E-state index is 12.3. The minimum absolute atomic E-state index is 0.